The molecule has 3 heterocycles. The molecule has 0 radical (unpaired) electrons. The number of halogens is 2. The van der Waals surface area contributed by atoms with E-state index in [4.69, 9.17) is 9.84 Å². The van der Waals surface area contributed by atoms with Crippen molar-refractivity contribution in [3.63, 3.8) is 0 Å². The average molecular weight is 462 g/mol. The molecule has 3 aliphatic rings. The number of amides is 1. The molecule has 1 aromatic heterocycles. The molecule has 2 aliphatic heterocycles. The van der Waals surface area contributed by atoms with Crippen molar-refractivity contribution in [2.75, 3.05) is 31.1 Å². The van der Waals surface area contributed by atoms with Crippen molar-refractivity contribution in [2.45, 2.75) is 57.8 Å². The number of fused-ring (bicyclic) bond motifs is 1. The summed E-state index contributed by atoms with van der Waals surface area (Å²) in [5.74, 6) is 1.20. The molecule has 1 saturated heterocycles. The zero-order valence-corrected chi connectivity index (χ0v) is 19.0. The lowest BCUT2D eigenvalue weighted by Crippen LogP contribution is -2.50. The van der Waals surface area contributed by atoms with Gasteiger partial charge in [-0.3, -0.25) is 0 Å². The van der Waals surface area contributed by atoms with Gasteiger partial charge in [-0.05, 0) is 45.7 Å². The number of alkyl halides is 2. The summed E-state index contributed by atoms with van der Waals surface area (Å²) in [4.78, 5) is 16.2. The predicted molar refractivity (Wildman–Crippen MR) is 116 cm³/mol. The van der Waals surface area contributed by atoms with E-state index < -0.39 is 11.9 Å². The van der Waals surface area contributed by atoms with Crippen molar-refractivity contribution < 1.29 is 27.8 Å². The number of nitrogens with zero attached hydrogens (tertiary/aromatic N) is 4. The molecule has 0 spiro atoms. The van der Waals surface area contributed by atoms with Crippen molar-refractivity contribution in [1.82, 2.24) is 14.7 Å². The lowest BCUT2D eigenvalue weighted by atomic mass is 9.83. The smallest absolute Gasteiger partial charge is 0.444 e. The van der Waals surface area contributed by atoms with Crippen LogP contribution in [0, 0.1) is 0 Å². The highest BCUT2D eigenvalue weighted by atomic mass is 19.3. The van der Waals surface area contributed by atoms with E-state index in [0.29, 0.717) is 37.8 Å². The Kier molecular flexibility index (Phi) is 5.13. The molecule has 0 unspecified atom stereocenters. The molecule has 0 atom stereocenters. The number of hydrogen-bond acceptors (Lipinski definition) is 6. The minimum absolute atomic E-state index is 0.0000782. The molecule has 10 heteroatoms. The fourth-order valence-electron chi connectivity index (χ4n) is 4.25. The fourth-order valence-corrected chi connectivity index (χ4v) is 4.25. The van der Waals surface area contributed by atoms with Crippen molar-refractivity contribution in [1.29, 1.82) is 0 Å². The van der Waals surface area contributed by atoms with Crippen molar-refractivity contribution in [3.8, 4) is 17.2 Å². The maximum absolute atomic E-state index is 13.5. The molecular weight excluding hydrogens is 434 g/mol. The number of ether oxygens (including phenoxy) is 3. The predicted octanol–water partition coefficient (Wildman–Crippen LogP) is 4.52. The summed E-state index contributed by atoms with van der Waals surface area (Å²) in [6, 6.07) is 6.81. The second kappa shape index (κ2) is 7.78. The number of aromatic nitrogens is 2. The lowest BCUT2D eigenvalue weighted by Gasteiger charge is -2.35. The first-order valence-electron chi connectivity index (χ1n) is 11.3. The van der Waals surface area contributed by atoms with Crippen molar-refractivity contribution in [3.05, 3.63) is 30.0 Å². The van der Waals surface area contributed by atoms with E-state index >= 15 is 0 Å². The number of benzene rings is 1. The van der Waals surface area contributed by atoms with Crippen LogP contribution in [0.4, 0.5) is 19.4 Å². The summed E-state index contributed by atoms with van der Waals surface area (Å²) < 4.78 is 43.4. The van der Waals surface area contributed by atoms with Gasteiger partial charge < -0.3 is 24.0 Å². The largest absolute Gasteiger partial charge is 0.586 e. The van der Waals surface area contributed by atoms with Gasteiger partial charge in [-0.25, -0.2) is 9.48 Å². The number of hydrogen-bond donors (Lipinski definition) is 0. The number of carbonyl (C=O) groups excluding carboxylic acids is 1. The highest BCUT2D eigenvalue weighted by Crippen LogP contribution is 2.43. The molecule has 1 aliphatic carbocycles. The van der Waals surface area contributed by atoms with Gasteiger partial charge in [0.15, 0.2) is 17.3 Å². The van der Waals surface area contributed by atoms with Crippen LogP contribution in [0.2, 0.25) is 0 Å². The molecule has 2 fully saturated rings. The molecule has 1 saturated carbocycles. The normalized spacial score (nSPS) is 20.0. The summed E-state index contributed by atoms with van der Waals surface area (Å²) in [6.45, 7) is 7.91. The first-order chi connectivity index (χ1) is 15.6. The zero-order valence-electron chi connectivity index (χ0n) is 19.0. The number of piperazine rings is 1. The zero-order chi connectivity index (χ0) is 23.4. The highest BCUT2D eigenvalue weighted by molar-refractivity contribution is 5.68. The van der Waals surface area contributed by atoms with E-state index in [9.17, 15) is 13.6 Å². The molecule has 0 bridgehead atoms. The van der Waals surface area contributed by atoms with Gasteiger partial charge in [-0.2, -0.15) is 0 Å². The number of anilines is 1. The molecule has 0 N–H and O–H groups in total. The Hall–Kier alpha value is -3.04. The van der Waals surface area contributed by atoms with E-state index in [-0.39, 0.29) is 17.6 Å². The topological polar surface area (TPSA) is 69.1 Å². The van der Waals surface area contributed by atoms with Crippen LogP contribution < -0.4 is 14.4 Å². The lowest BCUT2D eigenvalue weighted by molar-refractivity contribution is -0.286. The quantitative estimate of drug-likeness (QED) is 0.668. The molecule has 2 aromatic rings. The van der Waals surface area contributed by atoms with E-state index in [0.717, 1.165) is 30.8 Å². The minimum Gasteiger partial charge on any atom is -0.444 e. The Morgan fingerprint density at radius 3 is 2.42 bits per heavy atom. The van der Waals surface area contributed by atoms with Crippen LogP contribution in [0.15, 0.2) is 24.3 Å². The van der Waals surface area contributed by atoms with Gasteiger partial charge in [0.05, 0.1) is 5.69 Å². The van der Waals surface area contributed by atoms with Crippen molar-refractivity contribution in [2.24, 2.45) is 0 Å². The Morgan fingerprint density at radius 1 is 1.09 bits per heavy atom. The van der Waals surface area contributed by atoms with E-state index in [1.54, 1.807) is 11.0 Å². The molecular formula is C23H28F2N4O4. The molecule has 178 valence electrons. The second-order valence-electron chi connectivity index (χ2n) is 9.72. The van der Waals surface area contributed by atoms with Crippen LogP contribution in [0.5, 0.6) is 11.5 Å². The Balaban J connectivity index is 1.35. The van der Waals surface area contributed by atoms with Gasteiger partial charge in [0.25, 0.3) is 0 Å². The Labute approximate surface area is 191 Å². The maximum Gasteiger partial charge on any atom is 0.586 e. The van der Waals surface area contributed by atoms with Gasteiger partial charge in [-0.15, -0.1) is 13.9 Å². The number of carbonyl (C=O) groups is 1. The van der Waals surface area contributed by atoms with Gasteiger partial charge in [0.1, 0.15) is 5.60 Å². The van der Waals surface area contributed by atoms with Crippen LogP contribution in [-0.2, 0) is 4.74 Å². The number of rotatable bonds is 3. The van der Waals surface area contributed by atoms with E-state index in [2.05, 4.69) is 20.4 Å². The van der Waals surface area contributed by atoms with E-state index in [1.165, 1.54) is 12.1 Å². The standard InChI is InChI=1S/C23H28F2N4O4/c1-22(2,3)33-21(30)28-11-9-27(10-12-28)20-14-17(15-5-4-6-15)29(26-20)16-7-8-18-19(13-16)32-23(24,25)31-18/h7-8,13-15H,4-6,9-12H2,1-3H3. The second-order valence-corrected chi connectivity index (χ2v) is 9.72. The molecule has 1 amide bonds. The minimum atomic E-state index is -3.65. The summed E-state index contributed by atoms with van der Waals surface area (Å²) in [6.07, 6.45) is -0.658. The average Bonchev–Trinajstić information content (AvgIpc) is 3.24. The summed E-state index contributed by atoms with van der Waals surface area (Å²) in [5.41, 5.74) is 1.17. The Morgan fingerprint density at radius 2 is 1.79 bits per heavy atom. The third-order valence-corrected chi connectivity index (χ3v) is 6.13. The van der Waals surface area contributed by atoms with Crippen LogP contribution in [0.25, 0.3) is 5.69 Å². The van der Waals surface area contributed by atoms with Crippen LogP contribution in [0.1, 0.15) is 51.6 Å². The van der Waals surface area contributed by atoms with Gasteiger partial charge in [-0.1, -0.05) is 6.42 Å². The molecule has 8 nitrogen and oxygen atoms in total. The van der Waals surface area contributed by atoms with E-state index in [1.807, 2.05) is 25.5 Å². The van der Waals surface area contributed by atoms with Gasteiger partial charge >= 0.3 is 12.4 Å². The monoisotopic (exact) mass is 462 g/mol. The SMILES string of the molecule is CC(C)(C)OC(=O)N1CCN(c2cc(C3CCC3)n(-c3ccc4c(c3)OC(F)(F)O4)n2)CC1. The maximum atomic E-state index is 13.5. The summed E-state index contributed by atoms with van der Waals surface area (Å²) >= 11 is 0. The van der Waals surface area contributed by atoms with Gasteiger partial charge in [0, 0.05) is 49.9 Å². The van der Waals surface area contributed by atoms with Crippen LogP contribution in [-0.4, -0.2) is 58.8 Å². The van der Waals surface area contributed by atoms with Gasteiger partial charge in [0.2, 0.25) is 0 Å². The van der Waals surface area contributed by atoms with Crippen LogP contribution in [0.3, 0.4) is 0 Å². The first kappa shape index (κ1) is 21.8. The van der Waals surface area contributed by atoms with Crippen LogP contribution >= 0.6 is 0 Å². The Bertz CT molecular complexity index is 1050. The molecule has 1 aromatic carbocycles. The van der Waals surface area contributed by atoms with Crippen molar-refractivity contribution >= 4 is 11.9 Å². The third-order valence-electron chi connectivity index (χ3n) is 6.13. The fraction of sp³-hybridized carbons (Fsp3) is 0.565. The summed E-state index contributed by atoms with van der Waals surface area (Å²) in [5, 5.41) is 4.82. The third kappa shape index (κ3) is 4.43. The molecule has 33 heavy (non-hydrogen) atoms. The summed E-state index contributed by atoms with van der Waals surface area (Å²) in [7, 11) is 0. The first-order valence-corrected chi connectivity index (χ1v) is 11.3. The highest BCUT2D eigenvalue weighted by Gasteiger charge is 2.43. The molecule has 5 rings (SSSR count).